The van der Waals surface area contributed by atoms with Crippen LogP contribution in [0.1, 0.15) is 18.4 Å². The Morgan fingerprint density at radius 1 is 1.06 bits per heavy atom. The van der Waals surface area contributed by atoms with E-state index in [4.69, 9.17) is 0 Å². The van der Waals surface area contributed by atoms with Crippen molar-refractivity contribution in [2.24, 2.45) is 5.41 Å². The molecule has 0 radical (unpaired) electrons. The summed E-state index contributed by atoms with van der Waals surface area (Å²) in [6.07, 6.45) is 2.79. The van der Waals surface area contributed by atoms with Crippen LogP contribution in [0.25, 0.3) is 0 Å². The summed E-state index contributed by atoms with van der Waals surface area (Å²) in [6, 6.07) is 10.9. The molecule has 92 valence electrons. The van der Waals surface area contributed by atoms with Crippen LogP contribution in [0.2, 0.25) is 0 Å². The van der Waals surface area contributed by atoms with Gasteiger partial charge in [0.05, 0.1) is 0 Å². The Morgan fingerprint density at radius 2 is 1.82 bits per heavy atom. The Kier molecular flexibility index (Phi) is 2.93. The highest BCUT2D eigenvalue weighted by atomic mass is 15.2. The van der Waals surface area contributed by atoms with E-state index in [0.29, 0.717) is 5.41 Å². The normalized spacial score (nSPS) is 30.4. The van der Waals surface area contributed by atoms with Crippen molar-refractivity contribution in [3.8, 4) is 0 Å². The van der Waals surface area contributed by atoms with E-state index >= 15 is 0 Å². The molecule has 2 heterocycles. The number of benzene rings is 1. The van der Waals surface area contributed by atoms with Crippen LogP contribution in [0.4, 0.5) is 0 Å². The molecule has 2 aliphatic heterocycles. The van der Waals surface area contributed by atoms with E-state index in [2.05, 4.69) is 47.2 Å². The summed E-state index contributed by atoms with van der Waals surface area (Å²) in [7, 11) is 2.26. The first-order valence-electron chi connectivity index (χ1n) is 6.71. The minimum atomic E-state index is 0.615. The van der Waals surface area contributed by atoms with Crippen LogP contribution in [0.15, 0.2) is 30.3 Å². The van der Waals surface area contributed by atoms with Crippen molar-refractivity contribution in [3.63, 3.8) is 0 Å². The maximum atomic E-state index is 2.63. The van der Waals surface area contributed by atoms with Gasteiger partial charge >= 0.3 is 0 Å². The molecule has 1 spiro atoms. The van der Waals surface area contributed by atoms with Gasteiger partial charge in [-0.2, -0.15) is 0 Å². The summed E-state index contributed by atoms with van der Waals surface area (Å²) in [5.41, 5.74) is 2.07. The summed E-state index contributed by atoms with van der Waals surface area (Å²) < 4.78 is 0. The van der Waals surface area contributed by atoms with Crippen LogP contribution in [-0.4, -0.2) is 43.0 Å². The Balaban J connectivity index is 1.61. The molecule has 2 aliphatic rings. The van der Waals surface area contributed by atoms with E-state index in [1.54, 1.807) is 0 Å². The van der Waals surface area contributed by atoms with Crippen molar-refractivity contribution in [1.29, 1.82) is 0 Å². The predicted molar refractivity (Wildman–Crippen MR) is 70.9 cm³/mol. The second kappa shape index (κ2) is 4.43. The van der Waals surface area contributed by atoms with Crippen LogP contribution in [0.3, 0.4) is 0 Å². The van der Waals surface area contributed by atoms with Gasteiger partial charge in [-0.25, -0.2) is 0 Å². The van der Waals surface area contributed by atoms with Gasteiger partial charge in [-0.15, -0.1) is 0 Å². The summed E-state index contributed by atoms with van der Waals surface area (Å²) in [6.45, 7) is 6.30. The highest BCUT2D eigenvalue weighted by Crippen LogP contribution is 2.39. The molecule has 2 nitrogen and oxygen atoms in total. The zero-order chi connectivity index (χ0) is 11.7. The molecule has 2 heteroatoms. The Bertz CT molecular complexity index is 376. The zero-order valence-electron chi connectivity index (χ0n) is 10.7. The third-order valence-corrected chi connectivity index (χ3v) is 4.40. The lowest BCUT2D eigenvalue weighted by Crippen LogP contribution is -2.29. The van der Waals surface area contributed by atoms with Crippen LogP contribution in [0, 0.1) is 5.41 Å². The average Bonchev–Trinajstić information content (AvgIpc) is 2.88. The standard InChI is InChI=1S/C15H22N2/c1-16-9-7-15(12-16)8-10-17(13-15)11-14-5-3-2-4-6-14/h2-6H,7-13H2,1H3/t15-/m1/s1. The third kappa shape index (κ3) is 2.38. The fourth-order valence-electron chi connectivity index (χ4n) is 3.50. The zero-order valence-corrected chi connectivity index (χ0v) is 10.7. The second-order valence-corrected chi connectivity index (χ2v) is 5.93. The topological polar surface area (TPSA) is 6.48 Å². The molecule has 1 aromatic carbocycles. The number of likely N-dealkylation sites (tertiary alicyclic amines) is 2. The molecule has 0 unspecified atom stereocenters. The molecule has 0 aliphatic carbocycles. The summed E-state index contributed by atoms with van der Waals surface area (Å²) >= 11 is 0. The lowest BCUT2D eigenvalue weighted by molar-refractivity contribution is 0.250. The molecule has 0 aromatic heterocycles. The minimum absolute atomic E-state index is 0.615. The summed E-state index contributed by atoms with van der Waals surface area (Å²) in [5, 5.41) is 0. The van der Waals surface area contributed by atoms with Gasteiger partial charge in [0.1, 0.15) is 0 Å². The van der Waals surface area contributed by atoms with Gasteiger partial charge < -0.3 is 4.90 Å². The predicted octanol–water partition coefficient (Wildman–Crippen LogP) is 2.21. The lowest BCUT2D eigenvalue weighted by atomic mass is 9.86. The third-order valence-electron chi connectivity index (χ3n) is 4.40. The Hall–Kier alpha value is -0.860. The van der Waals surface area contributed by atoms with Gasteiger partial charge in [0.15, 0.2) is 0 Å². The van der Waals surface area contributed by atoms with E-state index in [9.17, 15) is 0 Å². The van der Waals surface area contributed by atoms with Crippen molar-refractivity contribution in [2.45, 2.75) is 19.4 Å². The molecule has 1 aromatic rings. The van der Waals surface area contributed by atoms with Crippen molar-refractivity contribution < 1.29 is 0 Å². The SMILES string of the molecule is CN1CC[C@@]2(CCN(Cc3ccccc3)C2)C1. The van der Waals surface area contributed by atoms with Crippen LogP contribution in [-0.2, 0) is 6.54 Å². The van der Waals surface area contributed by atoms with Gasteiger partial charge in [-0.3, -0.25) is 4.90 Å². The van der Waals surface area contributed by atoms with E-state index in [0.717, 1.165) is 6.54 Å². The van der Waals surface area contributed by atoms with Crippen molar-refractivity contribution in [2.75, 3.05) is 33.2 Å². The average molecular weight is 230 g/mol. The highest BCUT2D eigenvalue weighted by molar-refractivity contribution is 5.15. The molecular formula is C15H22N2. The van der Waals surface area contributed by atoms with Crippen molar-refractivity contribution in [3.05, 3.63) is 35.9 Å². The van der Waals surface area contributed by atoms with Gasteiger partial charge in [0, 0.05) is 19.6 Å². The number of hydrogen-bond acceptors (Lipinski definition) is 2. The van der Waals surface area contributed by atoms with E-state index in [1.165, 1.54) is 44.6 Å². The molecule has 0 bridgehead atoms. The summed E-state index contributed by atoms with van der Waals surface area (Å²) in [5.74, 6) is 0. The van der Waals surface area contributed by atoms with Gasteiger partial charge in [0.2, 0.25) is 0 Å². The molecular weight excluding hydrogens is 208 g/mol. The number of rotatable bonds is 2. The summed E-state index contributed by atoms with van der Waals surface area (Å²) in [4.78, 5) is 5.13. The maximum Gasteiger partial charge on any atom is 0.0233 e. The smallest absolute Gasteiger partial charge is 0.0233 e. The van der Waals surface area contributed by atoms with Gasteiger partial charge in [0.25, 0.3) is 0 Å². The maximum absolute atomic E-state index is 2.63. The van der Waals surface area contributed by atoms with Crippen LogP contribution in [0.5, 0.6) is 0 Å². The molecule has 2 saturated heterocycles. The Morgan fingerprint density at radius 3 is 2.53 bits per heavy atom. The Labute approximate surface area is 104 Å². The lowest BCUT2D eigenvalue weighted by Gasteiger charge is -2.23. The van der Waals surface area contributed by atoms with Gasteiger partial charge in [-0.1, -0.05) is 30.3 Å². The van der Waals surface area contributed by atoms with E-state index in [-0.39, 0.29) is 0 Å². The molecule has 0 saturated carbocycles. The molecule has 1 atom stereocenters. The molecule has 0 N–H and O–H groups in total. The van der Waals surface area contributed by atoms with Crippen LogP contribution >= 0.6 is 0 Å². The van der Waals surface area contributed by atoms with Gasteiger partial charge in [-0.05, 0) is 44.0 Å². The van der Waals surface area contributed by atoms with Crippen LogP contribution < -0.4 is 0 Å². The highest BCUT2D eigenvalue weighted by Gasteiger charge is 2.41. The van der Waals surface area contributed by atoms with E-state index in [1.807, 2.05) is 0 Å². The first-order valence-corrected chi connectivity index (χ1v) is 6.71. The fraction of sp³-hybridized carbons (Fsp3) is 0.600. The number of hydrogen-bond donors (Lipinski definition) is 0. The quantitative estimate of drug-likeness (QED) is 0.768. The molecule has 3 rings (SSSR count). The molecule has 17 heavy (non-hydrogen) atoms. The monoisotopic (exact) mass is 230 g/mol. The first-order chi connectivity index (χ1) is 8.26. The van der Waals surface area contributed by atoms with E-state index < -0.39 is 0 Å². The fourth-order valence-corrected chi connectivity index (χ4v) is 3.50. The van der Waals surface area contributed by atoms with Crippen molar-refractivity contribution >= 4 is 0 Å². The first kappa shape index (κ1) is 11.2. The minimum Gasteiger partial charge on any atom is -0.306 e. The second-order valence-electron chi connectivity index (χ2n) is 5.93. The number of nitrogens with zero attached hydrogens (tertiary/aromatic N) is 2. The largest absolute Gasteiger partial charge is 0.306 e. The molecule has 0 amide bonds. The van der Waals surface area contributed by atoms with Crippen molar-refractivity contribution in [1.82, 2.24) is 9.80 Å². The molecule has 2 fully saturated rings.